The van der Waals surface area contributed by atoms with Crippen molar-refractivity contribution >= 4 is 0 Å². The zero-order valence-corrected chi connectivity index (χ0v) is 6.02. The van der Waals surface area contributed by atoms with Crippen molar-refractivity contribution in [2.45, 2.75) is 24.4 Å². The summed E-state index contributed by atoms with van der Waals surface area (Å²) in [5.74, 6) is -3.51. The normalized spacial score (nSPS) is 46.6. The van der Waals surface area contributed by atoms with E-state index >= 15 is 0 Å². The van der Waals surface area contributed by atoms with E-state index in [-0.39, 0.29) is 0 Å². The van der Waals surface area contributed by atoms with Gasteiger partial charge in [0.1, 0.15) is 0 Å². The Morgan fingerprint density at radius 3 is 2.73 bits per heavy atom. The lowest BCUT2D eigenvalue weighted by atomic mass is 10.1. The fourth-order valence-corrected chi connectivity index (χ4v) is 1.92. The molecule has 0 amide bonds. The highest BCUT2D eigenvalue weighted by molar-refractivity contribution is 5.22. The minimum absolute atomic E-state index is 0.354. The molecular formula is C7H10F2O2. The van der Waals surface area contributed by atoms with E-state index in [4.69, 9.17) is 9.84 Å². The number of fused-ring (bicyclic) bond motifs is 1. The van der Waals surface area contributed by atoms with E-state index in [9.17, 15) is 8.78 Å². The van der Waals surface area contributed by atoms with E-state index in [0.717, 1.165) is 0 Å². The first kappa shape index (κ1) is 7.43. The molecule has 1 N–H and O–H groups in total. The lowest BCUT2D eigenvalue weighted by Crippen LogP contribution is -2.30. The summed E-state index contributed by atoms with van der Waals surface area (Å²) in [6.07, 6.45) is 1.16. The molecule has 2 aliphatic rings. The number of ether oxygens (including phenoxy) is 1. The molecule has 2 fully saturated rings. The third-order valence-electron chi connectivity index (χ3n) is 2.71. The van der Waals surface area contributed by atoms with Gasteiger partial charge in [-0.05, 0) is 12.8 Å². The summed E-state index contributed by atoms with van der Waals surface area (Å²) < 4.78 is 30.6. The topological polar surface area (TPSA) is 29.5 Å². The summed E-state index contributed by atoms with van der Waals surface area (Å²) in [6.45, 7) is -0.197. The van der Waals surface area contributed by atoms with Gasteiger partial charge in [0.2, 0.25) is 0 Å². The molecule has 1 heterocycles. The van der Waals surface area contributed by atoms with Crippen LogP contribution in [-0.4, -0.2) is 29.8 Å². The lowest BCUT2D eigenvalue weighted by molar-refractivity contribution is -0.0862. The first-order valence-electron chi connectivity index (χ1n) is 3.78. The molecule has 0 bridgehead atoms. The highest BCUT2D eigenvalue weighted by Gasteiger charge is 2.82. The Morgan fingerprint density at radius 1 is 1.55 bits per heavy atom. The summed E-state index contributed by atoms with van der Waals surface area (Å²) in [5, 5.41) is 8.72. The van der Waals surface area contributed by atoms with Crippen molar-refractivity contribution in [2.75, 3.05) is 13.2 Å². The number of hydrogen-bond acceptors (Lipinski definition) is 2. The first-order valence-corrected chi connectivity index (χ1v) is 3.78. The third-order valence-corrected chi connectivity index (χ3v) is 2.71. The Balaban J connectivity index is 2.20. The van der Waals surface area contributed by atoms with Crippen LogP contribution in [0.2, 0.25) is 0 Å². The van der Waals surface area contributed by atoms with Gasteiger partial charge in [-0.25, -0.2) is 8.78 Å². The van der Waals surface area contributed by atoms with E-state index < -0.39 is 24.0 Å². The zero-order chi connectivity index (χ0) is 8.11. The van der Waals surface area contributed by atoms with Gasteiger partial charge in [-0.3, -0.25) is 0 Å². The molecular weight excluding hydrogens is 154 g/mol. The van der Waals surface area contributed by atoms with Crippen molar-refractivity contribution in [1.82, 2.24) is 0 Å². The molecule has 0 aromatic carbocycles. The Hall–Kier alpha value is -0.220. The van der Waals surface area contributed by atoms with E-state index in [0.29, 0.717) is 19.4 Å². The molecule has 2 rings (SSSR count). The highest BCUT2D eigenvalue weighted by atomic mass is 19.3. The summed E-state index contributed by atoms with van der Waals surface area (Å²) in [4.78, 5) is 0. The van der Waals surface area contributed by atoms with Crippen molar-refractivity contribution < 1.29 is 18.6 Å². The number of aliphatic hydroxyl groups is 1. The maximum atomic E-state index is 12.9. The Morgan fingerprint density at radius 2 is 2.27 bits per heavy atom. The predicted molar refractivity (Wildman–Crippen MR) is 33.4 cm³/mol. The van der Waals surface area contributed by atoms with Crippen LogP contribution in [0.5, 0.6) is 0 Å². The van der Waals surface area contributed by atoms with Gasteiger partial charge in [0.05, 0.1) is 12.5 Å². The molecule has 0 spiro atoms. The molecule has 11 heavy (non-hydrogen) atoms. The molecule has 4 heteroatoms. The van der Waals surface area contributed by atoms with E-state index in [1.807, 2.05) is 0 Å². The highest BCUT2D eigenvalue weighted by Crippen LogP contribution is 2.64. The summed E-state index contributed by atoms with van der Waals surface area (Å²) in [6, 6.07) is 0. The van der Waals surface area contributed by atoms with Crippen molar-refractivity contribution in [3.8, 4) is 0 Å². The molecule has 0 aromatic rings. The van der Waals surface area contributed by atoms with Gasteiger partial charge in [0, 0.05) is 6.61 Å². The standard InChI is InChI=1S/C7H10F2O2/c8-7(9)5-2-1-3-11-6(5,7)4-10/h5,10H,1-4H2. The number of hydrogen-bond donors (Lipinski definition) is 1. The van der Waals surface area contributed by atoms with Gasteiger partial charge in [-0.1, -0.05) is 0 Å². The van der Waals surface area contributed by atoms with E-state index in [1.54, 1.807) is 0 Å². The minimum atomic E-state index is -2.78. The fourth-order valence-electron chi connectivity index (χ4n) is 1.92. The Kier molecular flexibility index (Phi) is 1.30. The minimum Gasteiger partial charge on any atom is -0.393 e. The Labute approximate surface area is 63.2 Å². The van der Waals surface area contributed by atoms with Gasteiger partial charge in [0.15, 0.2) is 5.60 Å². The molecule has 2 atom stereocenters. The Bertz CT molecular complexity index is 183. The predicted octanol–water partition coefficient (Wildman–Crippen LogP) is 0.793. The maximum Gasteiger partial charge on any atom is 0.285 e. The SMILES string of the molecule is OCC12OCCCC1C2(F)F. The second kappa shape index (κ2) is 1.93. The van der Waals surface area contributed by atoms with Crippen LogP contribution in [0.4, 0.5) is 8.78 Å². The van der Waals surface area contributed by atoms with Crippen LogP contribution >= 0.6 is 0 Å². The lowest BCUT2D eigenvalue weighted by Gasteiger charge is -2.18. The van der Waals surface area contributed by atoms with Crippen LogP contribution in [-0.2, 0) is 4.74 Å². The average Bonchev–Trinajstić information content (AvgIpc) is 2.52. The first-order chi connectivity index (χ1) is 5.15. The number of halogens is 2. The molecule has 1 saturated heterocycles. The van der Waals surface area contributed by atoms with Crippen LogP contribution in [0.1, 0.15) is 12.8 Å². The molecule has 1 aliphatic carbocycles. The summed E-state index contributed by atoms with van der Waals surface area (Å²) >= 11 is 0. The van der Waals surface area contributed by atoms with E-state index in [1.165, 1.54) is 0 Å². The van der Waals surface area contributed by atoms with Crippen molar-refractivity contribution in [1.29, 1.82) is 0 Å². The second-order valence-electron chi connectivity index (χ2n) is 3.21. The maximum absolute atomic E-state index is 12.9. The number of alkyl halides is 2. The number of aliphatic hydroxyl groups excluding tert-OH is 1. The van der Waals surface area contributed by atoms with Crippen molar-refractivity contribution in [3.05, 3.63) is 0 Å². The molecule has 2 nitrogen and oxygen atoms in total. The molecule has 2 unspecified atom stereocenters. The molecule has 0 aromatic heterocycles. The molecule has 1 aliphatic heterocycles. The quantitative estimate of drug-likeness (QED) is 0.621. The van der Waals surface area contributed by atoms with E-state index in [2.05, 4.69) is 0 Å². The van der Waals surface area contributed by atoms with Gasteiger partial charge in [-0.2, -0.15) is 0 Å². The summed E-state index contributed by atoms with van der Waals surface area (Å²) in [5.41, 5.74) is -1.49. The van der Waals surface area contributed by atoms with Crippen molar-refractivity contribution in [3.63, 3.8) is 0 Å². The fraction of sp³-hybridized carbons (Fsp3) is 1.00. The van der Waals surface area contributed by atoms with Crippen LogP contribution in [0, 0.1) is 5.92 Å². The molecule has 1 saturated carbocycles. The summed E-state index contributed by atoms with van der Waals surface area (Å²) in [7, 11) is 0. The van der Waals surface area contributed by atoms with Crippen LogP contribution < -0.4 is 0 Å². The van der Waals surface area contributed by atoms with Crippen molar-refractivity contribution in [2.24, 2.45) is 5.92 Å². The van der Waals surface area contributed by atoms with Crippen LogP contribution in [0.25, 0.3) is 0 Å². The zero-order valence-electron chi connectivity index (χ0n) is 6.02. The molecule has 64 valence electrons. The monoisotopic (exact) mass is 164 g/mol. The largest absolute Gasteiger partial charge is 0.393 e. The van der Waals surface area contributed by atoms with Gasteiger partial charge in [0.25, 0.3) is 5.92 Å². The van der Waals surface area contributed by atoms with Crippen LogP contribution in [0.15, 0.2) is 0 Å². The van der Waals surface area contributed by atoms with Gasteiger partial charge in [-0.15, -0.1) is 0 Å². The second-order valence-corrected chi connectivity index (χ2v) is 3.21. The van der Waals surface area contributed by atoms with Gasteiger partial charge < -0.3 is 9.84 Å². The number of rotatable bonds is 1. The smallest absolute Gasteiger partial charge is 0.285 e. The molecule has 0 radical (unpaired) electrons. The average molecular weight is 164 g/mol. The van der Waals surface area contributed by atoms with Crippen LogP contribution in [0.3, 0.4) is 0 Å². The van der Waals surface area contributed by atoms with Gasteiger partial charge >= 0.3 is 0 Å². The third kappa shape index (κ3) is 0.667.